The van der Waals surface area contributed by atoms with Crippen molar-refractivity contribution < 1.29 is 13.5 Å². The Balaban J connectivity index is 1.87. The van der Waals surface area contributed by atoms with Crippen LogP contribution in [0.3, 0.4) is 0 Å². The first kappa shape index (κ1) is 15.2. The van der Waals surface area contributed by atoms with Crippen molar-refractivity contribution in [1.82, 2.24) is 9.97 Å². The van der Waals surface area contributed by atoms with Crippen LogP contribution >= 0.6 is 0 Å². The van der Waals surface area contributed by atoms with Crippen LogP contribution in [0.1, 0.15) is 0 Å². The average Bonchev–Trinajstić information content (AvgIpc) is 2.56. The van der Waals surface area contributed by atoms with Crippen LogP contribution in [-0.2, 0) is 11.3 Å². The maximum Gasteiger partial charge on any atom is 0.259 e. The fraction of sp³-hybridized carbons (Fsp3) is 0.0667. The number of fused-ring (bicyclic) bond motifs is 1. The number of pyridine rings is 2. The summed E-state index contributed by atoms with van der Waals surface area (Å²) in [5, 5.41) is 4.15. The maximum atomic E-state index is 10.7. The van der Waals surface area contributed by atoms with Crippen molar-refractivity contribution in [2.24, 2.45) is 0 Å². The minimum Gasteiger partial charge on any atom is -0.481 e. The minimum atomic E-state index is -2.08. The van der Waals surface area contributed by atoms with E-state index in [1.807, 2.05) is 12.1 Å². The summed E-state index contributed by atoms with van der Waals surface area (Å²) in [6, 6.07) is 12.5. The van der Waals surface area contributed by atoms with Crippen molar-refractivity contribution >= 4 is 39.4 Å². The highest BCUT2D eigenvalue weighted by Gasteiger charge is 2.05. The number of aromatic nitrogens is 2. The number of nitrogens with zero attached hydrogens (tertiary/aromatic N) is 2. The third-order valence-electron chi connectivity index (χ3n) is 3.16. The summed E-state index contributed by atoms with van der Waals surface area (Å²) in [5.74, 6) is 0.509. The van der Waals surface area contributed by atoms with Gasteiger partial charge in [-0.3, -0.25) is 9.27 Å². The normalized spacial score (nSPS) is 11.9. The molecule has 0 fully saturated rings. The van der Waals surface area contributed by atoms with Gasteiger partial charge in [0.1, 0.15) is 0 Å². The monoisotopic (exact) mass is 330 g/mol. The fourth-order valence-corrected chi connectivity index (χ4v) is 2.45. The molecule has 3 aromatic rings. The van der Waals surface area contributed by atoms with E-state index in [9.17, 15) is 4.21 Å². The quantitative estimate of drug-likeness (QED) is 0.622. The molecule has 1 unspecified atom stereocenters. The van der Waals surface area contributed by atoms with E-state index in [0.29, 0.717) is 17.2 Å². The molecule has 7 nitrogen and oxygen atoms in total. The molecule has 0 aliphatic rings. The molecule has 3 N–H and O–H groups in total. The Morgan fingerprint density at radius 1 is 1.09 bits per heavy atom. The second kappa shape index (κ2) is 6.59. The van der Waals surface area contributed by atoms with E-state index in [0.717, 1.165) is 16.8 Å². The van der Waals surface area contributed by atoms with E-state index in [2.05, 4.69) is 20.0 Å². The van der Waals surface area contributed by atoms with Gasteiger partial charge in [-0.2, -0.15) is 4.98 Å². The van der Waals surface area contributed by atoms with Gasteiger partial charge in [0, 0.05) is 29.0 Å². The molecule has 2 aromatic heterocycles. The van der Waals surface area contributed by atoms with E-state index in [4.69, 9.17) is 9.29 Å². The molecule has 0 saturated carbocycles. The molecule has 0 bridgehead atoms. The highest BCUT2D eigenvalue weighted by Crippen LogP contribution is 2.26. The number of anilines is 3. The predicted molar refractivity (Wildman–Crippen MR) is 90.2 cm³/mol. The third kappa shape index (κ3) is 3.55. The van der Waals surface area contributed by atoms with Crippen molar-refractivity contribution in [2.75, 3.05) is 17.1 Å². The van der Waals surface area contributed by atoms with Gasteiger partial charge in [-0.1, -0.05) is 0 Å². The molecule has 0 aliphatic carbocycles. The van der Waals surface area contributed by atoms with E-state index in [1.165, 1.54) is 0 Å². The number of hydrogen-bond acceptors (Lipinski definition) is 5. The van der Waals surface area contributed by atoms with Gasteiger partial charge in [0.15, 0.2) is 5.65 Å². The van der Waals surface area contributed by atoms with Crippen LogP contribution in [0.25, 0.3) is 11.0 Å². The molecule has 2 heterocycles. The van der Waals surface area contributed by atoms with Gasteiger partial charge in [0.05, 0.1) is 12.8 Å². The lowest BCUT2D eigenvalue weighted by molar-refractivity contribution is 0.399. The van der Waals surface area contributed by atoms with Crippen LogP contribution in [0.5, 0.6) is 5.88 Å². The van der Waals surface area contributed by atoms with Gasteiger partial charge < -0.3 is 10.1 Å². The Kier molecular flexibility index (Phi) is 4.35. The van der Waals surface area contributed by atoms with Crippen molar-refractivity contribution in [2.45, 2.75) is 0 Å². The van der Waals surface area contributed by atoms with Gasteiger partial charge in [0.25, 0.3) is 11.3 Å². The Hall–Kier alpha value is -2.71. The molecule has 1 atom stereocenters. The smallest absolute Gasteiger partial charge is 0.259 e. The number of nitrogens with one attached hydrogen (secondary N) is 2. The highest BCUT2D eigenvalue weighted by atomic mass is 32.2. The lowest BCUT2D eigenvalue weighted by Gasteiger charge is -2.10. The van der Waals surface area contributed by atoms with Crippen LogP contribution < -0.4 is 14.8 Å². The average molecular weight is 330 g/mol. The van der Waals surface area contributed by atoms with Crippen LogP contribution in [0.2, 0.25) is 0 Å². The molecule has 118 valence electrons. The summed E-state index contributed by atoms with van der Waals surface area (Å²) in [6.45, 7) is 0. The Morgan fingerprint density at radius 2 is 1.83 bits per heavy atom. The molecule has 3 rings (SSSR count). The van der Waals surface area contributed by atoms with Gasteiger partial charge in [-0.05, 0) is 36.4 Å². The first-order chi connectivity index (χ1) is 11.2. The standard InChI is InChI=1S/C15H14N4O3S/c1-22-14-7-6-12-13(8-9-16-15(12)18-14)17-10-2-4-11(5-3-10)19-23(20)21/h2-9,19H,1H3,(H,20,21)(H,16,17,18). The molecule has 0 saturated heterocycles. The van der Waals surface area contributed by atoms with E-state index in [-0.39, 0.29) is 0 Å². The second-order valence-corrected chi connectivity index (χ2v) is 5.34. The van der Waals surface area contributed by atoms with Crippen molar-refractivity contribution in [3.8, 4) is 5.88 Å². The lowest BCUT2D eigenvalue weighted by Crippen LogP contribution is -2.01. The number of hydrogen-bond donors (Lipinski definition) is 3. The number of methoxy groups -OCH3 is 1. The molecule has 0 spiro atoms. The topological polar surface area (TPSA) is 96.4 Å². The summed E-state index contributed by atoms with van der Waals surface area (Å²) in [6.07, 6.45) is 1.67. The van der Waals surface area contributed by atoms with Gasteiger partial charge in [-0.15, -0.1) is 0 Å². The van der Waals surface area contributed by atoms with Crippen molar-refractivity contribution in [1.29, 1.82) is 0 Å². The van der Waals surface area contributed by atoms with Gasteiger partial charge >= 0.3 is 0 Å². The third-order valence-corrected chi connectivity index (χ3v) is 3.57. The molecule has 0 radical (unpaired) electrons. The SMILES string of the molecule is COc1ccc2c(Nc3ccc(NS(=O)O)cc3)ccnc2n1. The van der Waals surface area contributed by atoms with E-state index >= 15 is 0 Å². The summed E-state index contributed by atoms with van der Waals surface area (Å²) in [7, 11) is 1.56. The Bertz CT molecular complexity index is 855. The number of ether oxygens (including phenoxy) is 1. The second-order valence-electron chi connectivity index (χ2n) is 4.64. The molecule has 1 aromatic carbocycles. The van der Waals surface area contributed by atoms with Crippen molar-refractivity contribution in [3.63, 3.8) is 0 Å². The molecular weight excluding hydrogens is 316 g/mol. The van der Waals surface area contributed by atoms with Crippen LogP contribution in [0, 0.1) is 0 Å². The molecule has 0 aliphatic heterocycles. The Labute approximate surface area is 135 Å². The van der Waals surface area contributed by atoms with Gasteiger partial charge in [0.2, 0.25) is 5.88 Å². The first-order valence-corrected chi connectivity index (χ1v) is 7.81. The zero-order valence-corrected chi connectivity index (χ0v) is 13.0. The van der Waals surface area contributed by atoms with Crippen molar-refractivity contribution in [3.05, 3.63) is 48.7 Å². The molecule has 8 heteroatoms. The van der Waals surface area contributed by atoms with Crippen LogP contribution in [0.4, 0.5) is 17.1 Å². The largest absolute Gasteiger partial charge is 0.481 e. The molecule has 0 amide bonds. The maximum absolute atomic E-state index is 10.7. The van der Waals surface area contributed by atoms with Gasteiger partial charge in [-0.25, -0.2) is 9.19 Å². The summed E-state index contributed by atoms with van der Waals surface area (Å²) in [5.41, 5.74) is 2.84. The zero-order valence-electron chi connectivity index (χ0n) is 12.2. The zero-order chi connectivity index (χ0) is 16.2. The van der Waals surface area contributed by atoms with E-state index in [1.54, 1.807) is 43.6 Å². The molecule has 23 heavy (non-hydrogen) atoms. The summed E-state index contributed by atoms with van der Waals surface area (Å²) in [4.78, 5) is 8.53. The Morgan fingerprint density at radius 3 is 2.52 bits per heavy atom. The summed E-state index contributed by atoms with van der Waals surface area (Å²) < 4.78 is 27.0. The fourth-order valence-electron chi connectivity index (χ4n) is 2.11. The first-order valence-electron chi connectivity index (χ1n) is 6.70. The summed E-state index contributed by atoms with van der Waals surface area (Å²) >= 11 is -2.08. The minimum absolute atomic E-state index is 0.509. The van der Waals surface area contributed by atoms with E-state index < -0.39 is 11.3 Å². The molecular formula is C15H14N4O3S. The van der Waals surface area contributed by atoms with Crippen LogP contribution in [-0.4, -0.2) is 25.8 Å². The number of benzene rings is 1. The predicted octanol–water partition coefficient (Wildman–Crippen LogP) is 2.93. The number of rotatable bonds is 5. The lowest BCUT2D eigenvalue weighted by atomic mass is 10.2. The highest BCUT2D eigenvalue weighted by molar-refractivity contribution is 7.80. The van der Waals surface area contributed by atoms with Crippen LogP contribution in [0.15, 0.2) is 48.7 Å².